The van der Waals surface area contributed by atoms with Crippen LogP contribution in [0.1, 0.15) is 67.4 Å². The molecule has 3 rings (SSSR count). The molecule has 0 radical (unpaired) electrons. The molecule has 2 aliphatic carbocycles. The maximum atomic E-state index is 6.32. The summed E-state index contributed by atoms with van der Waals surface area (Å²) >= 11 is 1.89. The van der Waals surface area contributed by atoms with Crippen LogP contribution in [0.5, 0.6) is 0 Å². The lowest BCUT2D eigenvalue weighted by molar-refractivity contribution is 0.438. The fourth-order valence-corrected chi connectivity index (χ4v) is 5.00. The number of fused-ring (bicyclic) bond motifs is 1. The van der Waals surface area contributed by atoms with Gasteiger partial charge in [0.15, 0.2) is 0 Å². The van der Waals surface area contributed by atoms with Gasteiger partial charge in [-0.2, -0.15) is 0 Å². The van der Waals surface area contributed by atoms with Crippen LogP contribution in [0.4, 0.5) is 5.00 Å². The molecule has 2 aliphatic rings. The molecule has 1 nitrogen and oxygen atoms in total. The summed E-state index contributed by atoms with van der Waals surface area (Å²) < 4.78 is 0. The van der Waals surface area contributed by atoms with Crippen molar-refractivity contribution in [2.45, 2.75) is 64.2 Å². The van der Waals surface area contributed by atoms with Gasteiger partial charge in [0.2, 0.25) is 0 Å². The van der Waals surface area contributed by atoms with Crippen molar-refractivity contribution in [2.75, 3.05) is 5.73 Å². The topological polar surface area (TPSA) is 26.0 Å². The van der Waals surface area contributed by atoms with Gasteiger partial charge in [-0.05, 0) is 55.1 Å². The van der Waals surface area contributed by atoms with E-state index < -0.39 is 0 Å². The van der Waals surface area contributed by atoms with E-state index in [0.717, 1.165) is 16.8 Å². The molecule has 0 aromatic carbocycles. The molecule has 0 spiro atoms. The summed E-state index contributed by atoms with van der Waals surface area (Å²) in [5, 5.41) is 1.15. The van der Waals surface area contributed by atoms with Gasteiger partial charge < -0.3 is 5.73 Å². The summed E-state index contributed by atoms with van der Waals surface area (Å²) in [6, 6.07) is 0. The van der Waals surface area contributed by atoms with Crippen LogP contribution >= 0.6 is 11.3 Å². The molecule has 2 N–H and O–H groups in total. The second-order valence-electron chi connectivity index (χ2n) is 5.96. The first kappa shape index (κ1) is 11.6. The van der Waals surface area contributed by atoms with Crippen LogP contribution in [0.3, 0.4) is 0 Å². The first-order valence-corrected chi connectivity index (χ1v) is 7.97. The van der Waals surface area contributed by atoms with E-state index in [1.807, 2.05) is 11.3 Å². The molecule has 1 fully saturated rings. The van der Waals surface area contributed by atoms with Gasteiger partial charge in [-0.3, -0.25) is 0 Å². The third-order valence-corrected chi connectivity index (χ3v) is 5.69. The van der Waals surface area contributed by atoms with Crippen molar-refractivity contribution in [1.29, 1.82) is 0 Å². The lowest BCUT2D eigenvalue weighted by atomic mass is 9.79. The highest BCUT2D eigenvalue weighted by molar-refractivity contribution is 7.16. The lowest BCUT2D eigenvalue weighted by Gasteiger charge is -2.25. The van der Waals surface area contributed by atoms with Gasteiger partial charge in [0.05, 0.1) is 5.00 Å². The van der Waals surface area contributed by atoms with Crippen LogP contribution in [0.15, 0.2) is 0 Å². The minimum absolute atomic E-state index is 0.789. The Kier molecular flexibility index (Phi) is 3.16. The van der Waals surface area contributed by atoms with Crippen LogP contribution in [0.2, 0.25) is 0 Å². The minimum atomic E-state index is 0.789. The number of nitrogens with two attached hydrogens (primary N) is 1. The molecule has 17 heavy (non-hydrogen) atoms. The quantitative estimate of drug-likeness (QED) is 0.779. The number of nitrogen functional groups attached to an aromatic ring is 1. The first-order valence-electron chi connectivity index (χ1n) is 7.15. The van der Waals surface area contributed by atoms with Gasteiger partial charge in [-0.1, -0.05) is 26.2 Å². The van der Waals surface area contributed by atoms with E-state index in [1.165, 1.54) is 51.4 Å². The summed E-state index contributed by atoms with van der Waals surface area (Å²) in [6.07, 6.45) is 10.9. The summed E-state index contributed by atoms with van der Waals surface area (Å²) in [7, 11) is 0. The minimum Gasteiger partial charge on any atom is -0.390 e. The number of anilines is 1. The molecule has 0 aliphatic heterocycles. The summed E-state index contributed by atoms with van der Waals surface area (Å²) in [6.45, 7) is 2.37. The van der Waals surface area contributed by atoms with Gasteiger partial charge in [0, 0.05) is 4.88 Å². The van der Waals surface area contributed by atoms with Crippen molar-refractivity contribution < 1.29 is 0 Å². The van der Waals surface area contributed by atoms with Crippen molar-refractivity contribution in [3.8, 4) is 0 Å². The number of thiophene rings is 1. The van der Waals surface area contributed by atoms with E-state index in [2.05, 4.69) is 6.92 Å². The zero-order valence-corrected chi connectivity index (χ0v) is 11.6. The Morgan fingerprint density at radius 3 is 2.65 bits per heavy atom. The van der Waals surface area contributed by atoms with E-state index in [4.69, 9.17) is 5.73 Å². The van der Waals surface area contributed by atoms with Crippen molar-refractivity contribution in [1.82, 2.24) is 0 Å². The van der Waals surface area contributed by atoms with Crippen LogP contribution < -0.4 is 5.73 Å². The molecule has 1 saturated carbocycles. The Bertz CT molecular complexity index is 401. The Labute approximate surface area is 108 Å². The van der Waals surface area contributed by atoms with E-state index in [0.29, 0.717) is 0 Å². The normalized spacial score (nSPS) is 25.8. The second-order valence-corrected chi connectivity index (χ2v) is 7.10. The Hall–Kier alpha value is -0.500. The van der Waals surface area contributed by atoms with E-state index in [1.54, 1.807) is 16.0 Å². The first-order chi connectivity index (χ1) is 8.25. The van der Waals surface area contributed by atoms with Crippen molar-refractivity contribution in [3.05, 3.63) is 16.0 Å². The molecule has 1 aromatic rings. The maximum Gasteiger partial charge on any atom is 0.0897 e. The fourth-order valence-electron chi connectivity index (χ4n) is 3.64. The predicted octanol–water partition coefficient (Wildman–Crippen LogP) is 4.50. The molecule has 1 aromatic heterocycles. The third kappa shape index (κ3) is 2.12. The average Bonchev–Trinajstić information content (AvgIpc) is 2.65. The molecule has 1 unspecified atom stereocenters. The average molecular weight is 249 g/mol. The molecule has 0 saturated heterocycles. The van der Waals surface area contributed by atoms with Crippen molar-refractivity contribution in [2.24, 2.45) is 5.92 Å². The second kappa shape index (κ2) is 4.64. The monoisotopic (exact) mass is 249 g/mol. The van der Waals surface area contributed by atoms with Gasteiger partial charge in [-0.25, -0.2) is 0 Å². The van der Waals surface area contributed by atoms with Gasteiger partial charge in [-0.15, -0.1) is 11.3 Å². The zero-order valence-electron chi connectivity index (χ0n) is 10.8. The molecule has 1 atom stereocenters. The third-order valence-electron chi connectivity index (χ3n) is 4.59. The lowest BCUT2D eigenvalue weighted by Crippen LogP contribution is -2.13. The van der Waals surface area contributed by atoms with Crippen LogP contribution in [-0.2, 0) is 12.8 Å². The highest BCUT2D eigenvalue weighted by Gasteiger charge is 2.27. The van der Waals surface area contributed by atoms with Crippen LogP contribution in [0.25, 0.3) is 0 Å². The Balaban J connectivity index is 1.93. The molecule has 94 valence electrons. The van der Waals surface area contributed by atoms with Crippen LogP contribution in [0, 0.1) is 5.92 Å². The summed E-state index contributed by atoms with van der Waals surface area (Å²) in [4.78, 5) is 1.61. The maximum absolute atomic E-state index is 6.32. The number of rotatable bonds is 1. The van der Waals surface area contributed by atoms with Gasteiger partial charge in [0.25, 0.3) is 0 Å². The van der Waals surface area contributed by atoms with Gasteiger partial charge in [0.1, 0.15) is 0 Å². The standard InChI is InChI=1S/C15H23NS/c1-10-7-8-12-13(9-10)17-15(16)14(12)11-5-3-2-4-6-11/h10-11H,2-9,16H2,1H3. The Morgan fingerprint density at radius 1 is 1.12 bits per heavy atom. The predicted molar refractivity (Wildman–Crippen MR) is 75.7 cm³/mol. The highest BCUT2D eigenvalue weighted by Crippen LogP contribution is 2.45. The smallest absolute Gasteiger partial charge is 0.0897 e. The number of hydrogen-bond donors (Lipinski definition) is 1. The van der Waals surface area contributed by atoms with Crippen molar-refractivity contribution in [3.63, 3.8) is 0 Å². The van der Waals surface area contributed by atoms with Crippen LogP contribution in [-0.4, -0.2) is 0 Å². The summed E-state index contributed by atoms with van der Waals surface area (Å²) in [5.74, 6) is 1.65. The molecule has 0 amide bonds. The molecule has 0 bridgehead atoms. The Morgan fingerprint density at radius 2 is 1.88 bits per heavy atom. The molecular formula is C15H23NS. The van der Waals surface area contributed by atoms with E-state index in [-0.39, 0.29) is 0 Å². The highest BCUT2D eigenvalue weighted by atomic mass is 32.1. The number of hydrogen-bond acceptors (Lipinski definition) is 2. The fraction of sp³-hybridized carbons (Fsp3) is 0.733. The zero-order chi connectivity index (χ0) is 11.8. The van der Waals surface area contributed by atoms with Crippen molar-refractivity contribution >= 4 is 16.3 Å². The van der Waals surface area contributed by atoms with E-state index >= 15 is 0 Å². The largest absolute Gasteiger partial charge is 0.390 e. The van der Waals surface area contributed by atoms with E-state index in [9.17, 15) is 0 Å². The molecular weight excluding hydrogens is 226 g/mol. The van der Waals surface area contributed by atoms with Gasteiger partial charge >= 0.3 is 0 Å². The molecule has 1 heterocycles. The SMILES string of the molecule is CC1CCc2c(sc(N)c2C2CCCCC2)C1. The molecule has 2 heteroatoms. The summed E-state index contributed by atoms with van der Waals surface area (Å²) in [5.41, 5.74) is 9.56.